The molecule has 1 heterocycles. The van der Waals surface area contributed by atoms with Crippen molar-refractivity contribution in [2.45, 2.75) is 11.8 Å². The van der Waals surface area contributed by atoms with Gasteiger partial charge in [0.15, 0.2) is 5.13 Å². The average Bonchev–Trinajstić information content (AvgIpc) is 3.12. The van der Waals surface area contributed by atoms with Crippen molar-refractivity contribution < 1.29 is 9.53 Å². The van der Waals surface area contributed by atoms with E-state index in [4.69, 9.17) is 9.72 Å². The molecule has 0 N–H and O–H groups in total. The number of hydrogen-bond donors (Lipinski definition) is 0. The van der Waals surface area contributed by atoms with Crippen LogP contribution < -0.4 is 9.64 Å². The van der Waals surface area contributed by atoms with Crippen molar-refractivity contribution in [1.82, 2.24) is 9.88 Å². The number of benzene rings is 2. The fraction of sp³-hybridized carbons (Fsp3) is 0.333. The third kappa shape index (κ3) is 4.66. The molecule has 2 aromatic carbocycles. The first kappa shape index (κ1) is 20.6. The van der Waals surface area contributed by atoms with E-state index in [0.29, 0.717) is 17.2 Å². The lowest BCUT2D eigenvalue weighted by molar-refractivity contribution is 0.0985. The molecule has 148 valence electrons. The number of carbonyl (C=O) groups is 1. The van der Waals surface area contributed by atoms with Gasteiger partial charge in [-0.1, -0.05) is 30.4 Å². The largest absolute Gasteiger partial charge is 0.494 e. The summed E-state index contributed by atoms with van der Waals surface area (Å²) in [5.41, 5.74) is 1.48. The van der Waals surface area contributed by atoms with Crippen molar-refractivity contribution >= 4 is 44.4 Å². The van der Waals surface area contributed by atoms with Crippen LogP contribution in [0.25, 0.3) is 10.2 Å². The third-order valence-electron chi connectivity index (χ3n) is 4.23. The normalized spacial score (nSPS) is 11.2. The van der Waals surface area contributed by atoms with E-state index in [1.807, 2.05) is 56.6 Å². The monoisotopic (exact) mass is 415 g/mol. The Morgan fingerprint density at radius 2 is 1.96 bits per heavy atom. The molecule has 0 saturated carbocycles. The van der Waals surface area contributed by atoms with E-state index >= 15 is 0 Å². The van der Waals surface area contributed by atoms with Crippen LogP contribution in [0.2, 0.25) is 0 Å². The van der Waals surface area contributed by atoms with Crippen LogP contribution >= 0.6 is 23.1 Å². The van der Waals surface area contributed by atoms with Gasteiger partial charge in [0.25, 0.3) is 5.91 Å². The van der Waals surface area contributed by atoms with Crippen LogP contribution in [0.15, 0.2) is 47.4 Å². The molecule has 0 bridgehead atoms. The molecule has 0 aliphatic rings. The lowest BCUT2D eigenvalue weighted by atomic mass is 10.2. The van der Waals surface area contributed by atoms with Gasteiger partial charge in [0.2, 0.25) is 0 Å². The first-order chi connectivity index (χ1) is 13.5. The molecule has 28 heavy (non-hydrogen) atoms. The van der Waals surface area contributed by atoms with E-state index < -0.39 is 0 Å². The molecule has 3 aromatic rings. The third-order valence-corrected chi connectivity index (χ3v) is 6.15. The van der Waals surface area contributed by atoms with Crippen LogP contribution in [0.1, 0.15) is 17.3 Å². The first-order valence-electron chi connectivity index (χ1n) is 9.16. The van der Waals surface area contributed by atoms with E-state index in [9.17, 15) is 4.79 Å². The van der Waals surface area contributed by atoms with Gasteiger partial charge in [-0.05, 0) is 50.2 Å². The molecule has 0 spiro atoms. The summed E-state index contributed by atoms with van der Waals surface area (Å²) in [5, 5.41) is 0.694. The number of anilines is 1. The van der Waals surface area contributed by atoms with Gasteiger partial charge in [0.05, 0.1) is 11.8 Å². The van der Waals surface area contributed by atoms with Crippen LogP contribution in [-0.4, -0.2) is 55.8 Å². The van der Waals surface area contributed by atoms with E-state index in [1.54, 1.807) is 23.8 Å². The minimum absolute atomic E-state index is 0.0292. The summed E-state index contributed by atoms with van der Waals surface area (Å²) < 4.78 is 6.44. The van der Waals surface area contributed by atoms with Crippen molar-refractivity contribution in [2.24, 2.45) is 0 Å². The molecule has 0 aliphatic heterocycles. The maximum Gasteiger partial charge on any atom is 0.260 e. The van der Waals surface area contributed by atoms with Gasteiger partial charge in [-0.2, -0.15) is 0 Å². The lowest BCUT2D eigenvalue weighted by Crippen LogP contribution is -2.36. The highest BCUT2D eigenvalue weighted by Gasteiger charge is 2.22. The number of aromatic nitrogens is 1. The summed E-state index contributed by atoms with van der Waals surface area (Å²) in [6.07, 6.45) is 0. The molecular formula is C21H25N3O2S2. The smallest absolute Gasteiger partial charge is 0.260 e. The zero-order chi connectivity index (χ0) is 20.1. The number of thiazole rings is 1. The Hall–Kier alpha value is -2.09. The Bertz CT molecular complexity index is 956. The second kappa shape index (κ2) is 9.41. The standard InChI is InChI=1S/C21H25N3O2S2/c1-5-27-16-9-6-8-15(14-16)20(25)24(13-12-23(2)3)21-22-19-17(26-4)10-7-11-18(19)28-21/h6-11,14H,5,12-13H2,1-4H3. The number of amides is 1. The van der Waals surface area contributed by atoms with Gasteiger partial charge >= 0.3 is 0 Å². The summed E-state index contributed by atoms with van der Waals surface area (Å²) >= 11 is 3.25. The predicted molar refractivity (Wildman–Crippen MR) is 119 cm³/mol. The average molecular weight is 416 g/mol. The molecular weight excluding hydrogens is 390 g/mol. The number of ether oxygens (including phenoxy) is 1. The van der Waals surface area contributed by atoms with E-state index in [-0.39, 0.29) is 5.91 Å². The quantitative estimate of drug-likeness (QED) is 0.502. The zero-order valence-electron chi connectivity index (χ0n) is 16.6. The molecule has 1 amide bonds. The molecule has 0 unspecified atom stereocenters. The Balaban J connectivity index is 1.99. The highest BCUT2D eigenvalue weighted by Crippen LogP contribution is 2.34. The Labute approximate surface area is 174 Å². The van der Waals surface area contributed by atoms with Crippen molar-refractivity contribution in [2.75, 3.05) is 44.9 Å². The van der Waals surface area contributed by atoms with Crippen LogP contribution in [0.5, 0.6) is 5.75 Å². The maximum atomic E-state index is 13.4. The van der Waals surface area contributed by atoms with Crippen molar-refractivity contribution in [3.8, 4) is 5.75 Å². The Morgan fingerprint density at radius 1 is 1.18 bits per heavy atom. The number of fused-ring (bicyclic) bond motifs is 1. The van der Waals surface area contributed by atoms with Gasteiger partial charge < -0.3 is 9.64 Å². The number of likely N-dealkylation sites (N-methyl/N-ethyl adjacent to an activating group) is 1. The fourth-order valence-corrected chi connectivity index (χ4v) is 4.54. The number of rotatable bonds is 8. The zero-order valence-corrected chi connectivity index (χ0v) is 18.3. The number of methoxy groups -OCH3 is 1. The number of hydrogen-bond acceptors (Lipinski definition) is 6. The molecule has 1 aromatic heterocycles. The van der Waals surface area contributed by atoms with Gasteiger partial charge in [-0.3, -0.25) is 9.69 Å². The molecule has 7 heteroatoms. The maximum absolute atomic E-state index is 13.4. The van der Waals surface area contributed by atoms with Gasteiger partial charge in [-0.25, -0.2) is 4.98 Å². The van der Waals surface area contributed by atoms with Gasteiger partial charge in [0, 0.05) is 23.5 Å². The van der Waals surface area contributed by atoms with Gasteiger partial charge in [-0.15, -0.1) is 11.8 Å². The first-order valence-corrected chi connectivity index (χ1v) is 11.0. The summed E-state index contributed by atoms with van der Waals surface area (Å²) in [5.74, 6) is 1.67. The van der Waals surface area contributed by atoms with E-state index in [2.05, 4.69) is 11.8 Å². The molecule has 0 aliphatic carbocycles. The van der Waals surface area contributed by atoms with Crippen molar-refractivity contribution in [1.29, 1.82) is 0 Å². The molecule has 0 fully saturated rings. The highest BCUT2D eigenvalue weighted by molar-refractivity contribution is 7.99. The second-order valence-electron chi connectivity index (χ2n) is 6.52. The van der Waals surface area contributed by atoms with Crippen molar-refractivity contribution in [3.05, 3.63) is 48.0 Å². The summed E-state index contributed by atoms with van der Waals surface area (Å²) in [7, 11) is 5.64. The predicted octanol–water partition coefficient (Wildman–Crippen LogP) is 4.63. The fourth-order valence-electron chi connectivity index (χ4n) is 2.82. The number of carbonyl (C=O) groups excluding carboxylic acids is 1. The summed E-state index contributed by atoms with van der Waals surface area (Å²) in [6.45, 7) is 3.43. The van der Waals surface area contributed by atoms with Crippen molar-refractivity contribution in [3.63, 3.8) is 0 Å². The number of para-hydroxylation sites is 1. The van der Waals surface area contributed by atoms with E-state index in [0.717, 1.165) is 33.2 Å². The Kier molecular flexibility index (Phi) is 6.93. The summed E-state index contributed by atoms with van der Waals surface area (Å²) in [6, 6.07) is 13.7. The van der Waals surface area contributed by atoms with Crippen LogP contribution in [0.3, 0.4) is 0 Å². The van der Waals surface area contributed by atoms with Crippen LogP contribution in [-0.2, 0) is 0 Å². The highest BCUT2D eigenvalue weighted by atomic mass is 32.2. The lowest BCUT2D eigenvalue weighted by Gasteiger charge is -2.22. The number of nitrogens with zero attached hydrogens (tertiary/aromatic N) is 3. The molecule has 0 radical (unpaired) electrons. The topological polar surface area (TPSA) is 45.7 Å². The SMILES string of the molecule is CCSc1cccc(C(=O)N(CCN(C)C)c2nc3c(OC)cccc3s2)c1. The molecule has 0 saturated heterocycles. The van der Waals surface area contributed by atoms with Gasteiger partial charge in [0.1, 0.15) is 11.3 Å². The minimum atomic E-state index is -0.0292. The van der Waals surface area contributed by atoms with E-state index in [1.165, 1.54) is 11.3 Å². The van der Waals surface area contributed by atoms with Crippen LogP contribution in [0, 0.1) is 0 Å². The second-order valence-corrected chi connectivity index (χ2v) is 8.87. The summed E-state index contributed by atoms with van der Waals surface area (Å²) in [4.78, 5) is 23.1. The Morgan fingerprint density at radius 3 is 2.68 bits per heavy atom. The molecule has 0 atom stereocenters. The molecule has 3 rings (SSSR count). The minimum Gasteiger partial charge on any atom is -0.494 e. The molecule has 5 nitrogen and oxygen atoms in total. The number of thioether (sulfide) groups is 1. The van der Waals surface area contributed by atoms with Crippen LogP contribution in [0.4, 0.5) is 5.13 Å².